The van der Waals surface area contributed by atoms with E-state index < -0.39 is 0 Å². The van der Waals surface area contributed by atoms with Crippen LogP contribution in [0.3, 0.4) is 0 Å². The van der Waals surface area contributed by atoms with Crippen LogP contribution in [-0.2, 0) is 0 Å². The first-order valence-electron chi connectivity index (χ1n) is 9.70. The topological polar surface area (TPSA) is 31.5 Å². The van der Waals surface area contributed by atoms with Crippen LogP contribution in [0.1, 0.15) is 114 Å². The zero-order valence-electron chi connectivity index (χ0n) is 16.8. The summed E-state index contributed by atoms with van der Waals surface area (Å²) in [6.07, 6.45) is 16.3. The van der Waals surface area contributed by atoms with Gasteiger partial charge in [-0.3, -0.25) is 4.39 Å². The third-order valence-corrected chi connectivity index (χ3v) is 4.09. The molecule has 0 heterocycles. The molecule has 0 bridgehead atoms. The molecule has 1 aliphatic rings. The molecule has 0 amide bonds. The lowest BCUT2D eigenvalue weighted by Crippen LogP contribution is -1.99. The van der Waals surface area contributed by atoms with Crippen LogP contribution in [0.5, 0.6) is 0 Å². The SMILES string of the molecule is CC.CC.CCCCCCC[C@H]1CCCC(C)CC1.CF.O.[HH]. The van der Waals surface area contributed by atoms with E-state index in [1.165, 1.54) is 70.6 Å². The van der Waals surface area contributed by atoms with Gasteiger partial charge in [0.2, 0.25) is 0 Å². The second-order valence-electron chi connectivity index (χ2n) is 5.68. The molecule has 2 N–H and O–H groups in total. The Morgan fingerprint density at radius 1 is 0.818 bits per heavy atom. The highest BCUT2D eigenvalue weighted by Gasteiger charge is 2.15. The Kier molecular flexibility index (Phi) is 39.3. The van der Waals surface area contributed by atoms with Gasteiger partial charge in [-0.25, -0.2) is 0 Å². The van der Waals surface area contributed by atoms with Crippen molar-refractivity contribution < 1.29 is 11.3 Å². The summed E-state index contributed by atoms with van der Waals surface area (Å²) in [7, 11) is 0.500. The number of hydrogen-bond acceptors (Lipinski definition) is 0. The quantitative estimate of drug-likeness (QED) is 0.355. The van der Waals surface area contributed by atoms with Crippen molar-refractivity contribution in [1.82, 2.24) is 0 Å². The molecule has 2 heteroatoms. The lowest BCUT2D eigenvalue weighted by molar-refractivity contribution is 0.398. The maximum absolute atomic E-state index is 9.50. The average molecular weight is 325 g/mol. The molecule has 0 aromatic heterocycles. The summed E-state index contributed by atoms with van der Waals surface area (Å²) in [5.74, 6) is 2.09. The minimum atomic E-state index is 0. The van der Waals surface area contributed by atoms with Gasteiger partial charge in [0.25, 0.3) is 0 Å². The lowest BCUT2D eigenvalue weighted by Gasteiger charge is -2.13. The van der Waals surface area contributed by atoms with Crippen LogP contribution in [0, 0.1) is 11.8 Å². The zero-order chi connectivity index (χ0) is 16.9. The molecule has 1 aliphatic carbocycles. The van der Waals surface area contributed by atoms with E-state index in [4.69, 9.17) is 0 Å². The standard InChI is InChI=1S/C15H30.2C2H6.CH3F.H2O.H2/c1-3-4-5-6-7-10-15-11-8-9-14(2)12-13-15;3*1-2;;/h14-15H,3-13H2,1-2H3;2*1-2H3;1H3;1H2;1H/t14?,15-;;;;;/m0...../s1. The summed E-state index contributed by atoms with van der Waals surface area (Å²) in [6, 6.07) is 0. The second kappa shape index (κ2) is 29.0. The molecular weight excluding hydrogens is 275 g/mol. The van der Waals surface area contributed by atoms with Gasteiger partial charge in [-0.2, -0.15) is 0 Å². The molecule has 0 aliphatic heterocycles. The molecule has 2 atom stereocenters. The molecule has 0 spiro atoms. The molecule has 0 aromatic carbocycles. The Morgan fingerprint density at radius 2 is 1.36 bits per heavy atom. The predicted molar refractivity (Wildman–Crippen MR) is 105 cm³/mol. The van der Waals surface area contributed by atoms with Crippen LogP contribution >= 0.6 is 0 Å². The minimum absolute atomic E-state index is 0. The fourth-order valence-corrected chi connectivity index (χ4v) is 2.89. The Labute approximate surface area is 143 Å². The Balaban J connectivity index is -0.000000121. The normalized spacial score (nSPS) is 19.6. The summed E-state index contributed by atoms with van der Waals surface area (Å²) < 4.78 is 9.50. The van der Waals surface area contributed by atoms with Crippen LogP contribution < -0.4 is 0 Å². The number of alkyl halides is 1. The summed E-state index contributed by atoms with van der Waals surface area (Å²) in [5.41, 5.74) is 0. The van der Waals surface area contributed by atoms with Crippen molar-refractivity contribution in [3.8, 4) is 0 Å². The first-order valence-corrected chi connectivity index (χ1v) is 9.70. The van der Waals surface area contributed by atoms with E-state index in [9.17, 15) is 4.39 Å². The summed E-state index contributed by atoms with van der Waals surface area (Å²) in [4.78, 5) is 0. The van der Waals surface area contributed by atoms with Crippen LogP contribution in [-0.4, -0.2) is 12.7 Å². The van der Waals surface area contributed by atoms with Crippen LogP contribution in [0.25, 0.3) is 0 Å². The van der Waals surface area contributed by atoms with Gasteiger partial charge < -0.3 is 5.48 Å². The van der Waals surface area contributed by atoms with Crippen molar-refractivity contribution >= 4 is 0 Å². The Bertz CT molecular complexity index is 157. The highest BCUT2D eigenvalue weighted by molar-refractivity contribution is 4.68. The molecular formula is C20H49FO. The van der Waals surface area contributed by atoms with Gasteiger partial charge in [0, 0.05) is 1.43 Å². The summed E-state index contributed by atoms with van der Waals surface area (Å²) >= 11 is 0. The molecule has 1 fully saturated rings. The van der Waals surface area contributed by atoms with E-state index in [-0.39, 0.29) is 6.90 Å². The molecule has 1 saturated carbocycles. The molecule has 142 valence electrons. The Hall–Kier alpha value is -0.110. The molecule has 1 unspecified atom stereocenters. The molecule has 0 radical (unpaired) electrons. The lowest BCUT2D eigenvalue weighted by atomic mass is 9.93. The van der Waals surface area contributed by atoms with Crippen molar-refractivity contribution in [2.75, 3.05) is 7.18 Å². The van der Waals surface area contributed by atoms with Gasteiger partial charge in [-0.1, -0.05) is 112 Å². The zero-order valence-corrected chi connectivity index (χ0v) is 16.8. The monoisotopic (exact) mass is 324 g/mol. The number of hydrogen-bond donors (Lipinski definition) is 0. The van der Waals surface area contributed by atoms with E-state index >= 15 is 0 Å². The van der Waals surface area contributed by atoms with Gasteiger partial charge in [0.15, 0.2) is 0 Å². The van der Waals surface area contributed by atoms with Crippen molar-refractivity contribution in [2.24, 2.45) is 11.8 Å². The van der Waals surface area contributed by atoms with Crippen molar-refractivity contribution in [3.05, 3.63) is 0 Å². The van der Waals surface area contributed by atoms with E-state index in [1.807, 2.05) is 27.7 Å². The van der Waals surface area contributed by atoms with E-state index in [2.05, 4.69) is 13.8 Å². The number of unbranched alkanes of at least 4 members (excludes halogenated alkanes) is 4. The van der Waals surface area contributed by atoms with E-state index in [0.717, 1.165) is 11.8 Å². The van der Waals surface area contributed by atoms with Gasteiger partial charge in [-0.15, -0.1) is 0 Å². The van der Waals surface area contributed by atoms with Crippen LogP contribution in [0.4, 0.5) is 4.39 Å². The molecule has 1 nitrogen and oxygen atoms in total. The third-order valence-electron chi connectivity index (χ3n) is 4.09. The Morgan fingerprint density at radius 3 is 1.91 bits per heavy atom. The molecule has 0 saturated heterocycles. The number of rotatable bonds is 6. The predicted octanol–water partition coefficient (Wildman–Crippen LogP) is 7.62. The fourth-order valence-electron chi connectivity index (χ4n) is 2.89. The van der Waals surface area contributed by atoms with Crippen LogP contribution in [0.2, 0.25) is 0 Å². The molecule has 0 aromatic rings. The van der Waals surface area contributed by atoms with Gasteiger partial charge in [0.1, 0.15) is 0 Å². The van der Waals surface area contributed by atoms with Crippen molar-refractivity contribution in [1.29, 1.82) is 0 Å². The highest BCUT2D eigenvalue weighted by Crippen LogP contribution is 2.30. The van der Waals surface area contributed by atoms with Gasteiger partial charge >= 0.3 is 0 Å². The van der Waals surface area contributed by atoms with Crippen molar-refractivity contribution in [3.63, 3.8) is 0 Å². The molecule has 22 heavy (non-hydrogen) atoms. The fraction of sp³-hybridized carbons (Fsp3) is 1.00. The summed E-state index contributed by atoms with van der Waals surface area (Å²) in [6.45, 7) is 12.7. The first-order chi connectivity index (χ1) is 10.3. The van der Waals surface area contributed by atoms with E-state index in [1.54, 1.807) is 0 Å². The number of halogens is 1. The summed E-state index contributed by atoms with van der Waals surface area (Å²) in [5, 5.41) is 0. The maximum Gasteiger partial charge on any atom is 0.0785 e. The van der Waals surface area contributed by atoms with E-state index in [0.29, 0.717) is 7.18 Å². The van der Waals surface area contributed by atoms with Crippen LogP contribution in [0.15, 0.2) is 0 Å². The largest absolute Gasteiger partial charge is 0.412 e. The smallest absolute Gasteiger partial charge is 0.0785 e. The second-order valence-corrected chi connectivity index (χ2v) is 5.68. The highest BCUT2D eigenvalue weighted by atomic mass is 19.1. The first kappa shape index (κ1) is 29.8. The van der Waals surface area contributed by atoms with Gasteiger partial charge in [-0.05, 0) is 11.8 Å². The minimum Gasteiger partial charge on any atom is -0.412 e. The van der Waals surface area contributed by atoms with Crippen molar-refractivity contribution in [2.45, 2.75) is 112 Å². The van der Waals surface area contributed by atoms with Gasteiger partial charge in [0.05, 0.1) is 7.18 Å². The molecule has 1 rings (SSSR count). The third kappa shape index (κ3) is 22.2. The maximum atomic E-state index is 9.50. The average Bonchev–Trinajstić information content (AvgIpc) is 2.77.